The minimum atomic E-state index is -0.939. The van der Waals surface area contributed by atoms with Crippen molar-refractivity contribution < 1.29 is 19.8 Å². The number of nitrogens with zero attached hydrogens (tertiary/aromatic N) is 2. The minimum absolute atomic E-state index is 0.291. The van der Waals surface area contributed by atoms with Gasteiger partial charge in [0, 0.05) is 26.2 Å². The van der Waals surface area contributed by atoms with Crippen molar-refractivity contribution in [1.29, 1.82) is 0 Å². The van der Waals surface area contributed by atoms with Crippen LogP contribution in [0.5, 0.6) is 0 Å². The molecule has 0 aliphatic carbocycles. The zero-order valence-electron chi connectivity index (χ0n) is 17.9. The van der Waals surface area contributed by atoms with Gasteiger partial charge in [-0.05, 0) is 37.1 Å². The molecule has 6 heteroatoms. The maximum atomic E-state index is 11.7. The number of benzene rings is 2. The fraction of sp³-hybridized carbons (Fsp3) is 0.417. The molecule has 6 nitrogen and oxygen atoms in total. The number of unbranched alkanes of at least 4 members (excludes halogenated alkanes) is 2. The third kappa shape index (κ3) is 6.24. The maximum Gasteiger partial charge on any atom is 0.337 e. The molecule has 0 atom stereocenters. The Morgan fingerprint density at radius 2 is 1.03 bits per heavy atom. The van der Waals surface area contributed by atoms with E-state index in [4.69, 9.17) is 0 Å². The zero-order valence-corrected chi connectivity index (χ0v) is 17.9. The fourth-order valence-electron chi connectivity index (χ4n) is 3.51. The average molecular weight is 413 g/mol. The fourth-order valence-corrected chi connectivity index (χ4v) is 3.51. The van der Waals surface area contributed by atoms with Crippen LogP contribution in [0.15, 0.2) is 48.5 Å². The summed E-state index contributed by atoms with van der Waals surface area (Å²) in [6.07, 6.45) is 3.92. The minimum Gasteiger partial charge on any atom is -0.478 e. The molecule has 0 saturated carbocycles. The van der Waals surface area contributed by atoms with Crippen LogP contribution < -0.4 is 9.80 Å². The van der Waals surface area contributed by atoms with Gasteiger partial charge >= 0.3 is 11.9 Å². The molecule has 2 rings (SSSR count). The summed E-state index contributed by atoms with van der Waals surface area (Å²) in [5.41, 5.74) is 2.00. The van der Waals surface area contributed by atoms with Gasteiger partial charge in [-0.3, -0.25) is 0 Å². The van der Waals surface area contributed by atoms with Crippen molar-refractivity contribution in [2.45, 2.75) is 39.5 Å². The third-order valence-electron chi connectivity index (χ3n) is 5.15. The smallest absolute Gasteiger partial charge is 0.337 e. The quantitative estimate of drug-likeness (QED) is 0.482. The highest BCUT2D eigenvalue weighted by Crippen LogP contribution is 2.24. The predicted octanol–water partition coefficient (Wildman–Crippen LogP) is 5.00. The largest absolute Gasteiger partial charge is 0.478 e. The summed E-state index contributed by atoms with van der Waals surface area (Å²) >= 11 is 0. The standard InChI is InChI=1S/C24H32N2O4/c1-3-5-15-25(21-13-9-7-11-19(21)23(27)28)17-18-26(16-6-4-2)22-14-10-8-12-20(22)24(29)30/h7-14H,3-6,15-18H2,1-2H3,(H,27,28)(H,29,30). The molecular formula is C24H32N2O4. The van der Waals surface area contributed by atoms with Gasteiger partial charge in [0.1, 0.15) is 0 Å². The normalized spacial score (nSPS) is 10.6. The zero-order chi connectivity index (χ0) is 21.9. The van der Waals surface area contributed by atoms with E-state index in [1.807, 2.05) is 24.3 Å². The predicted molar refractivity (Wildman–Crippen MR) is 121 cm³/mol. The van der Waals surface area contributed by atoms with Crippen molar-refractivity contribution in [3.8, 4) is 0 Å². The van der Waals surface area contributed by atoms with Gasteiger partial charge in [0.15, 0.2) is 0 Å². The topological polar surface area (TPSA) is 81.1 Å². The van der Waals surface area contributed by atoms with Crippen molar-refractivity contribution in [1.82, 2.24) is 0 Å². The third-order valence-corrected chi connectivity index (χ3v) is 5.15. The Morgan fingerprint density at radius 1 is 0.667 bits per heavy atom. The lowest BCUT2D eigenvalue weighted by Gasteiger charge is -2.32. The van der Waals surface area contributed by atoms with Gasteiger partial charge in [0.25, 0.3) is 0 Å². The summed E-state index contributed by atoms with van der Waals surface area (Å²) < 4.78 is 0. The van der Waals surface area contributed by atoms with Gasteiger partial charge in [-0.25, -0.2) is 9.59 Å². The molecule has 30 heavy (non-hydrogen) atoms. The molecule has 2 N–H and O–H groups in total. The lowest BCUT2D eigenvalue weighted by Crippen LogP contribution is -2.37. The highest BCUT2D eigenvalue weighted by atomic mass is 16.4. The van der Waals surface area contributed by atoms with Crippen LogP contribution in [-0.2, 0) is 0 Å². The summed E-state index contributed by atoms with van der Waals surface area (Å²) in [5.74, 6) is -1.88. The number of carboxylic acids is 2. The van der Waals surface area contributed by atoms with Crippen LogP contribution in [0.3, 0.4) is 0 Å². The number of aromatic carboxylic acids is 2. The monoisotopic (exact) mass is 412 g/mol. The van der Waals surface area contributed by atoms with Crippen molar-refractivity contribution >= 4 is 23.3 Å². The van der Waals surface area contributed by atoms with E-state index in [0.717, 1.165) is 38.8 Å². The van der Waals surface area contributed by atoms with Crippen molar-refractivity contribution in [2.24, 2.45) is 0 Å². The van der Waals surface area contributed by atoms with E-state index in [1.54, 1.807) is 24.3 Å². The number of rotatable bonds is 13. The average Bonchev–Trinajstić information content (AvgIpc) is 2.75. The van der Waals surface area contributed by atoms with Gasteiger partial charge in [-0.15, -0.1) is 0 Å². The molecule has 0 radical (unpaired) electrons. The molecule has 2 aromatic rings. The molecule has 0 bridgehead atoms. The SMILES string of the molecule is CCCCN(CCN(CCCC)c1ccccc1C(=O)O)c1ccccc1C(=O)O. The highest BCUT2D eigenvalue weighted by Gasteiger charge is 2.19. The molecule has 2 aromatic carbocycles. The number of para-hydroxylation sites is 2. The number of carbonyl (C=O) groups is 2. The molecule has 0 saturated heterocycles. The molecule has 0 aromatic heterocycles. The first-order valence-corrected chi connectivity index (χ1v) is 10.6. The van der Waals surface area contributed by atoms with Crippen molar-refractivity contribution in [2.75, 3.05) is 36.0 Å². The molecular weight excluding hydrogens is 380 g/mol. The van der Waals surface area contributed by atoms with Crippen LogP contribution >= 0.6 is 0 Å². The van der Waals surface area contributed by atoms with Crippen LogP contribution in [0.4, 0.5) is 11.4 Å². The summed E-state index contributed by atoms with van der Waals surface area (Å²) in [6, 6.07) is 14.1. The van der Waals surface area contributed by atoms with Gasteiger partial charge in [-0.1, -0.05) is 51.0 Å². The van der Waals surface area contributed by atoms with Crippen LogP contribution in [0.1, 0.15) is 60.2 Å². The lowest BCUT2D eigenvalue weighted by atomic mass is 10.1. The van der Waals surface area contributed by atoms with E-state index in [-0.39, 0.29) is 0 Å². The second-order valence-corrected chi connectivity index (χ2v) is 7.33. The second kappa shape index (κ2) is 11.9. The Kier molecular flexibility index (Phi) is 9.19. The number of carboxylic acid groups (broad SMARTS) is 2. The molecule has 0 fully saturated rings. The molecule has 162 valence electrons. The summed E-state index contributed by atoms with van der Waals surface area (Å²) in [7, 11) is 0. The Morgan fingerprint density at radius 3 is 1.37 bits per heavy atom. The lowest BCUT2D eigenvalue weighted by molar-refractivity contribution is 0.0686. The Bertz CT molecular complexity index is 768. The van der Waals surface area contributed by atoms with E-state index in [0.29, 0.717) is 35.6 Å². The summed E-state index contributed by atoms with van der Waals surface area (Å²) in [5, 5.41) is 19.2. The van der Waals surface area contributed by atoms with E-state index in [1.165, 1.54) is 0 Å². The summed E-state index contributed by atoms with van der Waals surface area (Å²) in [4.78, 5) is 27.6. The van der Waals surface area contributed by atoms with E-state index < -0.39 is 11.9 Å². The van der Waals surface area contributed by atoms with Gasteiger partial charge < -0.3 is 20.0 Å². The van der Waals surface area contributed by atoms with Crippen LogP contribution in [0, 0.1) is 0 Å². The Balaban J connectivity index is 2.30. The first-order chi connectivity index (χ1) is 14.5. The molecule has 0 amide bonds. The highest BCUT2D eigenvalue weighted by molar-refractivity contribution is 5.95. The number of hydrogen-bond acceptors (Lipinski definition) is 4. The van der Waals surface area contributed by atoms with Crippen LogP contribution in [0.25, 0.3) is 0 Å². The number of anilines is 2. The maximum absolute atomic E-state index is 11.7. The number of hydrogen-bond donors (Lipinski definition) is 2. The molecule has 0 spiro atoms. The second-order valence-electron chi connectivity index (χ2n) is 7.33. The molecule has 0 heterocycles. The molecule has 0 aliphatic heterocycles. The van der Waals surface area contributed by atoms with Crippen LogP contribution in [-0.4, -0.2) is 48.3 Å². The van der Waals surface area contributed by atoms with Gasteiger partial charge in [0.05, 0.1) is 22.5 Å². The molecule has 0 unspecified atom stereocenters. The Hall–Kier alpha value is -3.02. The van der Waals surface area contributed by atoms with E-state index in [9.17, 15) is 19.8 Å². The first-order valence-electron chi connectivity index (χ1n) is 10.6. The van der Waals surface area contributed by atoms with Gasteiger partial charge in [-0.2, -0.15) is 0 Å². The van der Waals surface area contributed by atoms with E-state index >= 15 is 0 Å². The first kappa shape index (κ1) is 23.3. The van der Waals surface area contributed by atoms with Gasteiger partial charge in [0.2, 0.25) is 0 Å². The Labute approximate surface area is 178 Å². The van der Waals surface area contributed by atoms with Crippen molar-refractivity contribution in [3.63, 3.8) is 0 Å². The summed E-state index contributed by atoms with van der Waals surface area (Å²) in [6.45, 7) is 6.95. The van der Waals surface area contributed by atoms with E-state index in [2.05, 4.69) is 23.6 Å². The molecule has 0 aliphatic rings. The van der Waals surface area contributed by atoms with Crippen molar-refractivity contribution in [3.05, 3.63) is 59.7 Å². The van der Waals surface area contributed by atoms with Crippen LogP contribution in [0.2, 0.25) is 0 Å².